The summed E-state index contributed by atoms with van der Waals surface area (Å²) in [6.45, 7) is 2.03. The number of primary amides is 1. The molecule has 0 saturated carbocycles. The van der Waals surface area contributed by atoms with Crippen molar-refractivity contribution in [3.63, 3.8) is 0 Å². The third kappa shape index (κ3) is 2.88. The van der Waals surface area contributed by atoms with Gasteiger partial charge >= 0.3 is 0 Å². The van der Waals surface area contributed by atoms with Crippen LogP contribution in [0.4, 0.5) is 0 Å². The van der Waals surface area contributed by atoms with Crippen molar-refractivity contribution in [3.8, 4) is 10.4 Å². The van der Waals surface area contributed by atoms with Gasteiger partial charge in [0, 0.05) is 29.4 Å². The fraction of sp³-hybridized carbons (Fsp3) is 0.312. The van der Waals surface area contributed by atoms with Crippen molar-refractivity contribution >= 4 is 38.8 Å². The minimum Gasteiger partial charge on any atom is -0.384 e. The topological polar surface area (TPSA) is 87.2 Å². The lowest BCUT2D eigenvalue weighted by atomic mass is 10.2. The van der Waals surface area contributed by atoms with E-state index in [1.807, 2.05) is 22.9 Å². The summed E-state index contributed by atoms with van der Waals surface area (Å²) in [6.07, 6.45) is 0.436. The first-order chi connectivity index (χ1) is 11.5. The van der Waals surface area contributed by atoms with Crippen LogP contribution in [0.1, 0.15) is 18.8 Å². The monoisotopic (exact) mass is 363 g/mol. The largest absolute Gasteiger partial charge is 0.384 e. The van der Waals surface area contributed by atoms with E-state index in [1.54, 1.807) is 25.4 Å². The number of ether oxygens (including phenoxy) is 1. The van der Waals surface area contributed by atoms with E-state index >= 15 is 0 Å². The van der Waals surface area contributed by atoms with E-state index in [2.05, 4.69) is 4.98 Å². The van der Waals surface area contributed by atoms with Gasteiger partial charge in [0.15, 0.2) is 0 Å². The molecule has 0 aromatic carbocycles. The van der Waals surface area contributed by atoms with Crippen LogP contribution in [0.3, 0.4) is 0 Å². The van der Waals surface area contributed by atoms with E-state index in [1.165, 1.54) is 15.9 Å². The van der Waals surface area contributed by atoms with Gasteiger partial charge in [-0.2, -0.15) is 0 Å². The van der Waals surface area contributed by atoms with Gasteiger partial charge in [0.2, 0.25) is 5.91 Å². The van der Waals surface area contributed by atoms with Crippen LogP contribution < -0.4 is 11.3 Å². The van der Waals surface area contributed by atoms with E-state index in [0.717, 1.165) is 10.4 Å². The molecule has 1 atom stereocenters. The highest BCUT2D eigenvalue weighted by Gasteiger charge is 2.22. The van der Waals surface area contributed by atoms with Gasteiger partial charge < -0.3 is 10.5 Å². The van der Waals surface area contributed by atoms with Gasteiger partial charge in [0.1, 0.15) is 16.7 Å². The summed E-state index contributed by atoms with van der Waals surface area (Å²) in [6, 6.07) is 3.14. The molecule has 0 aliphatic rings. The van der Waals surface area contributed by atoms with E-state index < -0.39 is 11.9 Å². The molecular weight excluding hydrogens is 346 g/mol. The highest BCUT2D eigenvalue weighted by Crippen LogP contribution is 2.34. The van der Waals surface area contributed by atoms with E-state index in [9.17, 15) is 9.59 Å². The maximum atomic E-state index is 13.1. The molecule has 6 nitrogen and oxygen atoms in total. The Hall–Kier alpha value is -2.03. The van der Waals surface area contributed by atoms with Crippen LogP contribution in [-0.2, 0) is 16.0 Å². The number of hydrogen-bond acceptors (Lipinski definition) is 6. The maximum Gasteiger partial charge on any atom is 0.263 e. The Kier molecular flexibility index (Phi) is 4.79. The molecule has 3 rings (SSSR count). The van der Waals surface area contributed by atoms with Crippen LogP contribution in [0, 0.1) is 0 Å². The lowest BCUT2D eigenvalue weighted by molar-refractivity contribution is -0.120. The summed E-state index contributed by atoms with van der Waals surface area (Å²) in [5.41, 5.74) is 6.05. The number of amides is 1. The molecule has 8 heteroatoms. The SMILES string of the molecule is COCCc1nc2scc(-c3cccs3)c2c(=O)n1C(C)C(N)=O. The Morgan fingerprint density at radius 2 is 2.25 bits per heavy atom. The summed E-state index contributed by atoms with van der Waals surface area (Å²) in [5, 5.41) is 4.44. The molecule has 1 amide bonds. The molecule has 2 N–H and O–H groups in total. The first-order valence-corrected chi connectivity index (χ1v) is 9.15. The second-order valence-corrected chi connectivity index (χ2v) is 7.14. The molecule has 0 aliphatic carbocycles. The number of rotatable bonds is 6. The van der Waals surface area contributed by atoms with Gasteiger partial charge in [-0.25, -0.2) is 4.98 Å². The number of methoxy groups -OCH3 is 1. The molecule has 0 bridgehead atoms. The summed E-state index contributed by atoms with van der Waals surface area (Å²) in [5.74, 6) is -0.0509. The van der Waals surface area contributed by atoms with Crippen LogP contribution in [-0.4, -0.2) is 29.2 Å². The van der Waals surface area contributed by atoms with Crippen molar-refractivity contribution < 1.29 is 9.53 Å². The Balaban J connectivity index is 2.28. The van der Waals surface area contributed by atoms with Gasteiger partial charge in [-0.1, -0.05) is 6.07 Å². The van der Waals surface area contributed by atoms with Crippen molar-refractivity contribution in [2.24, 2.45) is 5.73 Å². The Labute approximate surface area is 146 Å². The maximum absolute atomic E-state index is 13.1. The number of fused-ring (bicyclic) bond motifs is 1. The second-order valence-electron chi connectivity index (χ2n) is 5.33. The predicted molar refractivity (Wildman–Crippen MR) is 96.7 cm³/mol. The third-order valence-electron chi connectivity index (χ3n) is 3.83. The molecule has 0 fully saturated rings. The van der Waals surface area contributed by atoms with Gasteiger partial charge in [0.05, 0.1) is 12.0 Å². The summed E-state index contributed by atoms with van der Waals surface area (Å²) in [4.78, 5) is 31.1. The third-order valence-corrected chi connectivity index (χ3v) is 5.60. The number of aromatic nitrogens is 2. The van der Waals surface area contributed by atoms with Crippen LogP contribution in [0.2, 0.25) is 0 Å². The molecular formula is C16H17N3O3S2. The van der Waals surface area contributed by atoms with Crippen molar-refractivity contribution in [1.82, 2.24) is 9.55 Å². The minimum atomic E-state index is -0.766. The molecule has 126 valence electrons. The van der Waals surface area contributed by atoms with Crippen LogP contribution >= 0.6 is 22.7 Å². The van der Waals surface area contributed by atoms with Crippen molar-refractivity contribution in [2.45, 2.75) is 19.4 Å². The lowest BCUT2D eigenvalue weighted by Gasteiger charge is -2.16. The molecule has 24 heavy (non-hydrogen) atoms. The number of nitrogens with zero attached hydrogens (tertiary/aromatic N) is 2. The minimum absolute atomic E-state index is 0.234. The lowest BCUT2D eigenvalue weighted by Crippen LogP contribution is -2.35. The zero-order valence-corrected chi connectivity index (χ0v) is 14.9. The molecule has 3 aromatic heterocycles. The normalized spacial score (nSPS) is 12.6. The molecule has 1 unspecified atom stereocenters. The van der Waals surface area contributed by atoms with E-state index in [0.29, 0.717) is 29.1 Å². The fourth-order valence-electron chi connectivity index (χ4n) is 2.55. The van der Waals surface area contributed by atoms with Crippen LogP contribution in [0.5, 0.6) is 0 Å². The second kappa shape index (κ2) is 6.84. The number of carbonyl (C=O) groups excluding carboxylic acids is 1. The summed E-state index contributed by atoms with van der Waals surface area (Å²) >= 11 is 2.99. The van der Waals surface area contributed by atoms with Crippen LogP contribution in [0.25, 0.3) is 20.7 Å². The van der Waals surface area contributed by atoms with E-state index in [-0.39, 0.29) is 5.56 Å². The highest BCUT2D eigenvalue weighted by molar-refractivity contribution is 7.18. The van der Waals surface area contributed by atoms with E-state index in [4.69, 9.17) is 10.5 Å². The number of nitrogens with two attached hydrogens (primary N) is 1. The first-order valence-electron chi connectivity index (χ1n) is 7.39. The fourth-order valence-corrected chi connectivity index (χ4v) is 4.33. The Bertz CT molecular complexity index is 928. The highest BCUT2D eigenvalue weighted by atomic mass is 32.1. The molecule has 0 aliphatic heterocycles. The van der Waals surface area contributed by atoms with Gasteiger partial charge in [-0.05, 0) is 18.4 Å². The zero-order valence-electron chi connectivity index (χ0n) is 13.3. The van der Waals surface area contributed by atoms with Gasteiger partial charge in [-0.15, -0.1) is 22.7 Å². The Morgan fingerprint density at radius 3 is 2.88 bits per heavy atom. The van der Waals surface area contributed by atoms with Gasteiger partial charge in [0.25, 0.3) is 5.56 Å². The molecule has 0 spiro atoms. The predicted octanol–water partition coefficient (Wildman–Crippen LogP) is 2.42. The van der Waals surface area contributed by atoms with Crippen molar-refractivity contribution in [2.75, 3.05) is 13.7 Å². The quantitative estimate of drug-likeness (QED) is 0.728. The number of carbonyl (C=O) groups is 1. The molecule has 0 saturated heterocycles. The average molecular weight is 363 g/mol. The molecule has 0 radical (unpaired) electrons. The average Bonchev–Trinajstić information content (AvgIpc) is 3.21. The molecule has 3 heterocycles. The number of hydrogen-bond donors (Lipinski definition) is 1. The smallest absolute Gasteiger partial charge is 0.263 e. The zero-order chi connectivity index (χ0) is 17.3. The van der Waals surface area contributed by atoms with Gasteiger partial charge in [-0.3, -0.25) is 14.2 Å². The summed E-state index contributed by atoms with van der Waals surface area (Å²) in [7, 11) is 1.58. The van der Waals surface area contributed by atoms with Crippen LogP contribution in [0.15, 0.2) is 27.7 Å². The Morgan fingerprint density at radius 1 is 1.46 bits per heavy atom. The van der Waals surface area contributed by atoms with Crippen molar-refractivity contribution in [3.05, 3.63) is 39.1 Å². The van der Waals surface area contributed by atoms with Crippen molar-refractivity contribution in [1.29, 1.82) is 0 Å². The number of thiophene rings is 2. The molecule has 3 aromatic rings. The first kappa shape index (κ1) is 16.8. The standard InChI is InChI=1S/C16H17N3O3S2/c1-9(14(17)20)19-12(5-6-22-2)18-15-13(16(19)21)10(8-24-15)11-4-3-7-23-11/h3-4,7-9H,5-6H2,1-2H3,(H2,17,20). The summed E-state index contributed by atoms with van der Waals surface area (Å²) < 4.78 is 6.49.